The molecule has 0 amide bonds. The van der Waals surface area contributed by atoms with Crippen molar-refractivity contribution in [3.8, 4) is 16.8 Å². The third-order valence-electron chi connectivity index (χ3n) is 3.40. The summed E-state index contributed by atoms with van der Waals surface area (Å²) < 4.78 is 1.78. The molecule has 0 fully saturated rings. The Balaban J connectivity index is 2.04. The average Bonchev–Trinajstić information content (AvgIpc) is 2.98. The Morgan fingerprint density at radius 3 is 2.62 bits per heavy atom. The number of para-hydroxylation sites is 1. The van der Waals surface area contributed by atoms with E-state index < -0.39 is 5.97 Å². The molecule has 1 N–H and O–H groups in total. The van der Waals surface area contributed by atoms with Crippen LogP contribution in [0.25, 0.3) is 16.8 Å². The number of aromatic carboxylic acids is 1. The van der Waals surface area contributed by atoms with Gasteiger partial charge < -0.3 is 5.11 Å². The van der Waals surface area contributed by atoms with Gasteiger partial charge in [0.05, 0.1) is 17.4 Å². The lowest BCUT2D eigenvalue weighted by atomic mass is 10.0. The molecule has 0 atom stereocenters. The Labute approximate surface area is 122 Å². The van der Waals surface area contributed by atoms with Crippen LogP contribution in [0.4, 0.5) is 0 Å². The first-order valence-electron chi connectivity index (χ1n) is 6.59. The zero-order chi connectivity index (χ0) is 14.8. The largest absolute Gasteiger partial charge is 0.478 e. The van der Waals surface area contributed by atoms with Crippen molar-refractivity contribution in [2.75, 3.05) is 0 Å². The van der Waals surface area contributed by atoms with Crippen LogP contribution in [-0.2, 0) is 0 Å². The average molecular weight is 278 g/mol. The number of carboxylic acid groups (broad SMARTS) is 1. The number of hydrogen-bond acceptors (Lipinski definition) is 2. The molecule has 4 nitrogen and oxygen atoms in total. The molecule has 0 aliphatic carbocycles. The first-order valence-corrected chi connectivity index (χ1v) is 6.59. The second-order valence-corrected chi connectivity index (χ2v) is 4.84. The lowest BCUT2D eigenvalue weighted by Gasteiger charge is -2.05. The van der Waals surface area contributed by atoms with Crippen LogP contribution in [0.5, 0.6) is 0 Å². The van der Waals surface area contributed by atoms with Crippen molar-refractivity contribution >= 4 is 5.97 Å². The van der Waals surface area contributed by atoms with E-state index in [-0.39, 0.29) is 5.56 Å². The normalized spacial score (nSPS) is 10.5. The molecule has 0 aliphatic heterocycles. The number of hydrogen-bond donors (Lipinski definition) is 1. The maximum Gasteiger partial charge on any atom is 0.335 e. The zero-order valence-corrected chi connectivity index (χ0v) is 11.5. The van der Waals surface area contributed by atoms with Crippen molar-refractivity contribution in [3.05, 3.63) is 72.1 Å². The summed E-state index contributed by atoms with van der Waals surface area (Å²) in [6.07, 6.45) is 3.66. The fraction of sp³-hybridized carbons (Fsp3) is 0.0588. The van der Waals surface area contributed by atoms with Gasteiger partial charge in [-0.15, -0.1) is 0 Å². The van der Waals surface area contributed by atoms with Gasteiger partial charge in [0.15, 0.2) is 0 Å². The van der Waals surface area contributed by atoms with Crippen molar-refractivity contribution in [1.82, 2.24) is 9.78 Å². The number of nitrogens with zero attached hydrogens (tertiary/aromatic N) is 2. The Morgan fingerprint density at radius 2 is 1.90 bits per heavy atom. The SMILES string of the molecule is Cc1ccc(C(=O)O)cc1-c1cnn(-c2ccccc2)c1. The topological polar surface area (TPSA) is 55.1 Å². The van der Waals surface area contributed by atoms with Crippen LogP contribution >= 0.6 is 0 Å². The summed E-state index contributed by atoms with van der Waals surface area (Å²) in [5, 5.41) is 13.5. The van der Waals surface area contributed by atoms with E-state index in [9.17, 15) is 4.79 Å². The fourth-order valence-electron chi connectivity index (χ4n) is 2.25. The standard InChI is InChI=1S/C17H14N2O2/c1-12-7-8-13(17(20)21)9-16(12)14-10-18-19(11-14)15-5-3-2-4-6-15/h2-11H,1H3,(H,20,21). The molecule has 2 aromatic carbocycles. The number of aryl methyl sites for hydroxylation is 1. The lowest BCUT2D eigenvalue weighted by Crippen LogP contribution is -1.97. The lowest BCUT2D eigenvalue weighted by molar-refractivity contribution is 0.0697. The van der Waals surface area contributed by atoms with Crippen LogP contribution in [0.2, 0.25) is 0 Å². The number of carboxylic acids is 1. The molecule has 104 valence electrons. The second-order valence-electron chi connectivity index (χ2n) is 4.84. The highest BCUT2D eigenvalue weighted by Gasteiger charge is 2.10. The highest BCUT2D eigenvalue weighted by molar-refractivity contribution is 5.89. The van der Waals surface area contributed by atoms with Crippen LogP contribution in [-0.4, -0.2) is 20.9 Å². The minimum Gasteiger partial charge on any atom is -0.478 e. The summed E-state index contributed by atoms with van der Waals surface area (Å²) >= 11 is 0. The van der Waals surface area contributed by atoms with Gasteiger partial charge in [0.25, 0.3) is 0 Å². The van der Waals surface area contributed by atoms with Gasteiger partial charge in [-0.25, -0.2) is 9.48 Å². The van der Waals surface area contributed by atoms with E-state index in [4.69, 9.17) is 5.11 Å². The van der Waals surface area contributed by atoms with Crippen LogP contribution < -0.4 is 0 Å². The van der Waals surface area contributed by atoms with Crippen LogP contribution in [0.3, 0.4) is 0 Å². The molecule has 3 rings (SSSR count). The van der Waals surface area contributed by atoms with Gasteiger partial charge >= 0.3 is 5.97 Å². The van der Waals surface area contributed by atoms with Gasteiger partial charge in [0, 0.05) is 11.8 Å². The predicted molar refractivity (Wildman–Crippen MR) is 80.7 cm³/mol. The Morgan fingerprint density at radius 1 is 1.14 bits per heavy atom. The maximum absolute atomic E-state index is 11.1. The first kappa shape index (κ1) is 13.1. The van der Waals surface area contributed by atoms with Gasteiger partial charge in [0.1, 0.15) is 0 Å². The molecule has 0 aliphatic rings. The quantitative estimate of drug-likeness (QED) is 0.797. The maximum atomic E-state index is 11.1. The monoisotopic (exact) mass is 278 g/mol. The summed E-state index contributed by atoms with van der Waals surface area (Å²) in [7, 11) is 0. The van der Waals surface area contributed by atoms with Crippen LogP contribution in [0.1, 0.15) is 15.9 Å². The molecule has 0 unspecified atom stereocenters. The third kappa shape index (κ3) is 2.56. The molecule has 0 saturated heterocycles. The molecule has 4 heteroatoms. The summed E-state index contributed by atoms with van der Waals surface area (Å²) in [5.74, 6) is -0.924. The minimum absolute atomic E-state index is 0.281. The van der Waals surface area contributed by atoms with Crippen LogP contribution in [0.15, 0.2) is 60.9 Å². The van der Waals surface area contributed by atoms with Crippen molar-refractivity contribution < 1.29 is 9.90 Å². The smallest absolute Gasteiger partial charge is 0.335 e. The van der Waals surface area contributed by atoms with E-state index in [0.717, 1.165) is 22.4 Å². The minimum atomic E-state index is -0.924. The highest BCUT2D eigenvalue weighted by atomic mass is 16.4. The number of rotatable bonds is 3. The van der Waals surface area contributed by atoms with Gasteiger partial charge in [-0.3, -0.25) is 0 Å². The van der Waals surface area contributed by atoms with Crippen LogP contribution in [0, 0.1) is 6.92 Å². The Kier molecular flexibility index (Phi) is 3.28. The first-order chi connectivity index (χ1) is 10.1. The van der Waals surface area contributed by atoms with E-state index in [1.807, 2.05) is 49.5 Å². The summed E-state index contributed by atoms with van der Waals surface area (Å²) in [6, 6.07) is 14.9. The Hall–Kier alpha value is -2.88. The van der Waals surface area contributed by atoms with Gasteiger partial charge in [-0.2, -0.15) is 5.10 Å². The molecule has 21 heavy (non-hydrogen) atoms. The molecule has 1 aromatic heterocycles. The number of aromatic nitrogens is 2. The van der Waals surface area contributed by atoms with Gasteiger partial charge in [-0.1, -0.05) is 24.3 Å². The number of carbonyl (C=O) groups is 1. The van der Waals surface area contributed by atoms with E-state index in [0.29, 0.717) is 0 Å². The molecule has 3 aromatic rings. The van der Waals surface area contributed by atoms with Crippen molar-refractivity contribution in [2.45, 2.75) is 6.92 Å². The Bertz CT molecular complexity index is 792. The molecule has 0 spiro atoms. The van der Waals surface area contributed by atoms with Gasteiger partial charge in [0.2, 0.25) is 0 Å². The van der Waals surface area contributed by atoms with E-state index >= 15 is 0 Å². The fourth-order valence-corrected chi connectivity index (χ4v) is 2.25. The molecular formula is C17H14N2O2. The van der Waals surface area contributed by atoms with E-state index in [1.165, 1.54) is 0 Å². The third-order valence-corrected chi connectivity index (χ3v) is 3.40. The van der Waals surface area contributed by atoms with Crippen molar-refractivity contribution in [2.24, 2.45) is 0 Å². The molecule has 0 radical (unpaired) electrons. The van der Waals surface area contributed by atoms with Crippen molar-refractivity contribution in [1.29, 1.82) is 0 Å². The highest BCUT2D eigenvalue weighted by Crippen LogP contribution is 2.25. The molecule has 0 saturated carbocycles. The second kappa shape index (κ2) is 5.25. The zero-order valence-electron chi connectivity index (χ0n) is 11.5. The van der Waals surface area contributed by atoms with Gasteiger partial charge in [-0.05, 0) is 42.3 Å². The predicted octanol–water partition coefficient (Wildman–Crippen LogP) is 3.55. The molecular weight excluding hydrogens is 264 g/mol. The number of benzene rings is 2. The summed E-state index contributed by atoms with van der Waals surface area (Å²) in [5.41, 5.74) is 4.06. The van der Waals surface area contributed by atoms with E-state index in [1.54, 1.807) is 23.0 Å². The van der Waals surface area contributed by atoms with Crippen molar-refractivity contribution in [3.63, 3.8) is 0 Å². The molecule has 0 bridgehead atoms. The summed E-state index contributed by atoms with van der Waals surface area (Å²) in [4.78, 5) is 11.1. The molecule has 1 heterocycles. The summed E-state index contributed by atoms with van der Waals surface area (Å²) in [6.45, 7) is 1.96. The van der Waals surface area contributed by atoms with E-state index in [2.05, 4.69) is 5.10 Å².